The zero-order valence-corrected chi connectivity index (χ0v) is 12.8. The number of benzene rings is 2. The Balaban J connectivity index is 2.08. The minimum absolute atomic E-state index is 0.203. The smallest absolute Gasteiger partial charge is 0.305 e. The second-order valence-electron chi connectivity index (χ2n) is 4.72. The summed E-state index contributed by atoms with van der Waals surface area (Å²) in [6.07, 6.45) is -4.74. The van der Waals surface area contributed by atoms with Gasteiger partial charge in [0.05, 0.1) is 21.8 Å². The molecule has 0 spiro atoms. The van der Waals surface area contributed by atoms with Crippen LogP contribution in [-0.4, -0.2) is 11.9 Å². The van der Waals surface area contributed by atoms with E-state index in [4.69, 9.17) is 11.6 Å². The molecule has 0 atom stereocenters. The number of hydrogen-bond donors (Lipinski definition) is 2. The third-order valence-electron chi connectivity index (χ3n) is 2.95. The normalized spacial score (nSPS) is 11.1. The van der Waals surface area contributed by atoms with Gasteiger partial charge in [-0.15, -0.1) is 0 Å². The molecule has 0 radical (unpaired) electrons. The van der Waals surface area contributed by atoms with Crippen LogP contribution in [0.3, 0.4) is 0 Å². The van der Waals surface area contributed by atoms with Gasteiger partial charge < -0.3 is 5.32 Å². The highest BCUT2D eigenvalue weighted by molar-refractivity contribution is 6.34. The van der Waals surface area contributed by atoms with Crippen LogP contribution in [0.25, 0.3) is 0 Å². The van der Waals surface area contributed by atoms with Crippen LogP contribution in [0.2, 0.25) is 5.02 Å². The number of carbonyl (C=O) groups excluding carboxylic acids is 2. The van der Waals surface area contributed by atoms with Crippen LogP contribution >= 0.6 is 11.6 Å². The molecule has 10 heteroatoms. The highest BCUT2D eigenvalue weighted by atomic mass is 35.5. The summed E-state index contributed by atoms with van der Waals surface area (Å²) in [7, 11) is 0. The molecule has 0 aliphatic carbocycles. The first-order valence-corrected chi connectivity index (χ1v) is 6.90. The summed E-state index contributed by atoms with van der Waals surface area (Å²) in [6, 6.07) is 3.08. The van der Waals surface area contributed by atoms with E-state index in [2.05, 4.69) is 0 Å². The molecule has 0 aliphatic rings. The Morgan fingerprint density at radius 1 is 1.00 bits per heavy atom. The number of anilines is 1. The first-order valence-electron chi connectivity index (χ1n) is 6.52. The van der Waals surface area contributed by atoms with Crippen molar-refractivity contribution in [1.82, 2.24) is 5.32 Å². The number of urea groups is 1. The van der Waals surface area contributed by atoms with Gasteiger partial charge in [-0.2, -0.15) is 13.2 Å². The molecular formula is C15H8ClF5N2O2. The van der Waals surface area contributed by atoms with Crippen LogP contribution in [-0.2, 0) is 6.18 Å². The average Bonchev–Trinajstić information content (AvgIpc) is 2.47. The van der Waals surface area contributed by atoms with Gasteiger partial charge in [0.25, 0.3) is 5.91 Å². The second kappa shape index (κ2) is 7.06. The molecule has 4 nitrogen and oxygen atoms in total. The van der Waals surface area contributed by atoms with Crippen molar-refractivity contribution in [2.45, 2.75) is 6.18 Å². The minimum Gasteiger partial charge on any atom is -0.305 e. The van der Waals surface area contributed by atoms with Crippen molar-refractivity contribution in [3.8, 4) is 0 Å². The van der Waals surface area contributed by atoms with Crippen molar-refractivity contribution in [3.05, 3.63) is 64.2 Å². The largest absolute Gasteiger partial charge is 0.416 e. The molecule has 0 heterocycles. The van der Waals surface area contributed by atoms with Crippen LogP contribution in [0, 0.1) is 11.6 Å². The fourth-order valence-electron chi connectivity index (χ4n) is 1.79. The summed E-state index contributed by atoms with van der Waals surface area (Å²) in [6.45, 7) is 0. The molecule has 0 aromatic heterocycles. The molecule has 2 N–H and O–H groups in total. The van der Waals surface area contributed by atoms with E-state index in [1.165, 1.54) is 0 Å². The van der Waals surface area contributed by atoms with Crippen LogP contribution in [0.1, 0.15) is 15.9 Å². The Labute approximate surface area is 142 Å². The number of imide groups is 1. The lowest BCUT2D eigenvalue weighted by molar-refractivity contribution is -0.137. The molecule has 0 unspecified atom stereocenters. The average molecular weight is 379 g/mol. The molecule has 2 aromatic rings. The zero-order chi connectivity index (χ0) is 18.8. The molecule has 25 heavy (non-hydrogen) atoms. The summed E-state index contributed by atoms with van der Waals surface area (Å²) in [5.74, 6) is -3.04. The van der Waals surface area contributed by atoms with Gasteiger partial charge in [-0.25, -0.2) is 13.6 Å². The lowest BCUT2D eigenvalue weighted by Gasteiger charge is -2.11. The SMILES string of the molecule is O=C(NC(=O)c1ccc(F)cc1Cl)Nc1ccc(C(F)(F)F)cc1F. The van der Waals surface area contributed by atoms with Crippen LogP contribution < -0.4 is 10.6 Å². The van der Waals surface area contributed by atoms with Crippen molar-refractivity contribution >= 4 is 29.2 Å². The molecule has 2 aromatic carbocycles. The van der Waals surface area contributed by atoms with Gasteiger partial charge in [0, 0.05) is 0 Å². The quantitative estimate of drug-likeness (QED) is 0.750. The number of alkyl halides is 3. The van der Waals surface area contributed by atoms with Gasteiger partial charge in [0.1, 0.15) is 11.6 Å². The molecule has 3 amide bonds. The van der Waals surface area contributed by atoms with E-state index in [0.29, 0.717) is 12.1 Å². The fourth-order valence-corrected chi connectivity index (χ4v) is 2.04. The van der Waals surface area contributed by atoms with E-state index in [9.17, 15) is 31.5 Å². The van der Waals surface area contributed by atoms with Gasteiger partial charge in [-0.1, -0.05) is 11.6 Å². The fraction of sp³-hybridized carbons (Fsp3) is 0.0667. The lowest BCUT2D eigenvalue weighted by Crippen LogP contribution is -2.34. The molecule has 0 saturated heterocycles. The second-order valence-corrected chi connectivity index (χ2v) is 5.13. The van der Waals surface area contributed by atoms with Crippen LogP contribution in [0.4, 0.5) is 32.4 Å². The minimum atomic E-state index is -4.74. The summed E-state index contributed by atoms with van der Waals surface area (Å²) in [4.78, 5) is 23.5. The lowest BCUT2D eigenvalue weighted by atomic mass is 10.2. The van der Waals surface area contributed by atoms with Crippen molar-refractivity contribution in [1.29, 1.82) is 0 Å². The Bertz CT molecular complexity index is 839. The van der Waals surface area contributed by atoms with E-state index in [1.807, 2.05) is 5.32 Å². The molecule has 132 valence electrons. The molecular weight excluding hydrogens is 371 g/mol. The third-order valence-corrected chi connectivity index (χ3v) is 3.26. The summed E-state index contributed by atoms with van der Waals surface area (Å²) >= 11 is 5.65. The third kappa shape index (κ3) is 4.66. The van der Waals surface area contributed by atoms with Gasteiger partial charge in [-0.3, -0.25) is 10.1 Å². The summed E-state index contributed by atoms with van der Waals surface area (Å²) in [5, 5.41) is 3.42. The zero-order valence-electron chi connectivity index (χ0n) is 12.0. The molecule has 0 saturated carbocycles. The Morgan fingerprint density at radius 2 is 1.68 bits per heavy atom. The van der Waals surface area contributed by atoms with Gasteiger partial charge in [0.2, 0.25) is 0 Å². The number of hydrogen-bond acceptors (Lipinski definition) is 2. The van der Waals surface area contributed by atoms with E-state index in [1.54, 1.807) is 5.32 Å². The molecule has 0 aliphatic heterocycles. The van der Waals surface area contributed by atoms with E-state index in [0.717, 1.165) is 18.2 Å². The highest BCUT2D eigenvalue weighted by Crippen LogP contribution is 2.31. The predicted octanol–water partition coefficient (Wildman–Crippen LogP) is 4.60. The summed E-state index contributed by atoms with van der Waals surface area (Å²) < 4.78 is 63.8. The number of rotatable bonds is 2. The number of amides is 3. The number of halogens is 6. The van der Waals surface area contributed by atoms with E-state index in [-0.39, 0.29) is 16.7 Å². The van der Waals surface area contributed by atoms with Gasteiger partial charge >= 0.3 is 12.2 Å². The van der Waals surface area contributed by atoms with Gasteiger partial charge in [0.15, 0.2) is 0 Å². The highest BCUT2D eigenvalue weighted by Gasteiger charge is 2.31. The van der Waals surface area contributed by atoms with E-state index < -0.39 is 41.0 Å². The Hall–Kier alpha value is -2.68. The standard InChI is InChI=1S/C15H8ClF5N2O2/c16-10-6-8(17)2-3-9(10)13(24)23-14(25)22-12-4-1-7(5-11(12)18)15(19,20)21/h1-6H,(H2,22,23,24,25). The first kappa shape index (κ1) is 18.7. The monoisotopic (exact) mass is 378 g/mol. The maximum atomic E-state index is 13.6. The Morgan fingerprint density at radius 3 is 2.24 bits per heavy atom. The first-order chi connectivity index (χ1) is 11.6. The Kier molecular flexibility index (Phi) is 5.27. The topological polar surface area (TPSA) is 58.2 Å². The van der Waals surface area contributed by atoms with Crippen molar-refractivity contribution in [2.24, 2.45) is 0 Å². The van der Waals surface area contributed by atoms with Crippen molar-refractivity contribution in [2.75, 3.05) is 5.32 Å². The number of nitrogens with one attached hydrogen (secondary N) is 2. The van der Waals surface area contributed by atoms with Crippen molar-refractivity contribution in [3.63, 3.8) is 0 Å². The molecule has 0 bridgehead atoms. The predicted molar refractivity (Wildman–Crippen MR) is 79.3 cm³/mol. The van der Waals surface area contributed by atoms with Crippen LogP contribution in [0.5, 0.6) is 0 Å². The number of carbonyl (C=O) groups is 2. The van der Waals surface area contributed by atoms with Crippen LogP contribution in [0.15, 0.2) is 36.4 Å². The maximum Gasteiger partial charge on any atom is 0.416 e. The van der Waals surface area contributed by atoms with E-state index >= 15 is 0 Å². The molecule has 0 fully saturated rings. The van der Waals surface area contributed by atoms with Gasteiger partial charge in [-0.05, 0) is 36.4 Å². The maximum absolute atomic E-state index is 13.6. The summed E-state index contributed by atoms with van der Waals surface area (Å²) in [5.41, 5.74) is -2.01. The van der Waals surface area contributed by atoms with Crippen molar-refractivity contribution < 1.29 is 31.5 Å². The molecule has 2 rings (SSSR count).